The first-order chi connectivity index (χ1) is 16.7. The Hall–Kier alpha value is -1.24. The van der Waals surface area contributed by atoms with Crippen molar-refractivity contribution in [2.24, 2.45) is 5.92 Å². The van der Waals surface area contributed by atoms with Gasteiger partial charge in [0.1, 0.15) is 41.7 Å². The number of benzene rings is 1. The van der Waals surface area contributed by atoms with E-state index in [2.05, 4.69) is 10.6 Å². The van der Waals surface area contributed by atoms with Gasteiger partial charge in [0.2, 0.25) is 5.91 Å². The molecule has 11 heteroatoms. The van der Waals surface area contributed by atoms with Gasteiger partial charge in [-0.3, -0.25) is 4.79 Å². The molecule has 0 radical (unpaired) electrons. The number of amides is 1. The lowest BCUT2D eigenvalue weighted by atomic mass is 9.90. The number of nitrogens with one attached hydrogen (secondary N) is 2. The Morgan fingerprint density at radius 2 is 1.94 bits per heavy atom. The minimum atomic E-state index is -1.43. The Morgan fingerprint density at radius 1 is 1.23 bits per heavy atom. The predicted octanol–water partition coefficient (Wildman–Crippen LogP) is 0.869. The predicted molar refractivity (Wildman–Crippen MR) is 131 cm³/mol. The van der Waals surface area contributed by atoms with Gasteiger partial charge in [-0.2, -0.15) is 0 Å². The van der Waals surface area contributed by atoms with Crippen molar-refractivity contribution in [2.75, 3.05) is 19.4 Å². The second-order valence-electron chi connectivity index (χ2n) is 9.27. The summed E-state index contributed by atoms with van der Waals surface area (Å²) in [5.41, 5.74) is 1.19. The Morgan fingerprint density at radius 3 is 2.60 bits per heavy atom. The molecule has 0 aliphatic carbocycles. The number of carbonyl (C=O) groups excluding carboxylic acids is 1. The van der Waals surface area contributed by atoms with E-state index in [1.165, 1.54) is 23.9 Å². The number of aliphatic hydroxyl groups is 3. The number of allylic oxidation sites excluding steroid dienone is 1. The van der Waals surface area contributed by atoms with Crippen LogP contribution in [-0.2, 0) is 14.3 Å². The Balaban J connectivity index is 1.44. The standard InChI is InChI=1S/C24H32ClFN2O6S/c1-11(25)16(22-19(30)18(29)20(31)24(34-22)35-2)28-23(32)17-21-14(10-27-17)9-13(7-8-33-21)12-3-5-15(26)6-4-12/h3-7,11,14,16-22,24,27,29-31H,8-10H2,1-2H3,(H,28,32)/t11-,14-,16+,17-,18?,19?,20?,21+,22?,24?/m0/s1. The summed E-state index contributed by atoms with van der Waals surface area (Å²) in [6.07, 6.45) is -1.18. The number of ether oxygens (including phenoxy) is 2. The van der Waals surface area contributed by atoms with Crippen LogP contribution in [0.15, 0.2) is 30.3 Å². The summed E-state index contributed by atoms with van der Waals surface area (Å²) in [6.45, 7) is 2.54. The van der Waals surface area contributed by atoms with Crippen LogP contribution in [0.2, 0.25) is 0 Å². The van der Waals surface area contributed by atoms with E-state index in [1.807, 2.05) is 6.08 Å². The van der Waals surface area contributed by atoms with Crippen LogP contribution in [0.5, 0.6) is 0 Å². The summed E-state index contributed by atoms with van der Waals surface area (Å²) in [6, 6.07) is 4.86. The molecule has 1 aromatic rings. The van der Waals surface area contributed by atoms with Crippen LogP contribution in [0.1, 0.15) is 18.9 Å². The van der Waals surface area contributed by atoms with Gasteiger partial charge >= 0.3 is 0 Å². The summed E-state index contributed by atoms with van der Waals surface area (Å²) < 4.78 is 25.2. The number of hydrogen-bond donors (Lipinski definition) is 5. The molecule has 0 bridgehead atoms. The molecule has 3 heterocycles. The van der Waals surface area contributed by atoms with Crippen molar-refractivity contribution < 1.29 is 34.0 Å². The summed E-state index contributed by atoms with van der Waals surface area (Å²) in [5.74, 6) is -0.611. The molecule has 0 saturated carbocycles. The first kappa shape index (κ1) is 26.8. The SMILES string of the molecule is CSC1OC([C@H](NC(=O)[C@H]2NC[C@@H]3CC(c4ccc(F)cc4)=CCO[C@H]32)[C@H](C)Cl)C(O)C(O)C1O. The first-order valence-electron chi connectivity index (χ1n) is 11.7. The molecule has 4 rings (SSSR count). The lowest BCUT2D eigenvalue weighted by Crippen LogP contribution is -2.65. The molecule has 3 aliphatic rings. The fraction of sp³-hybridized carbons (Fsp3) is 0.625. The maximum atomic E-state index is 13.3. The van der Waals surface area contributed by atoms with Crippen LogP contribution in [0.4, 0.5) is 4.39 Å². The minimum absolute atomic E-state index is 0.0331. The maximum Gasteiger partial charge on any atom is 0.240 e. The highest BCUT2D eigenvalue weighted by Gasteiger charge is 2.49. The zero-order chi connectivity index (χ0) is 25.3. The molecule has 1 aromatic carbocycles. The van der Waals surface area contributed by atoms with Crippen LogP contribution in [0.25, 0.3) is 5.57 Å². The van der Waals surface area contributed by atoms with E-state index in [0.29, 0.717) is 19.6 Å². The average Bonchev–Trinajstić information content (AvgIpc) is 3.12. The fourth-order valence-corrected chi connectivity index (χ4v) is 5.93. The van der Waals surface area contributed by atoms with Gasteiger partial charge in [-0.1, -0.05) is 18.2 Å². The van der Waals surface area contributed by atoms with E-state index in [1.54, 1.807) is 25.3 Å². The van der Waals surface area contributed by atoms with Gasteiger partial charge in [-0.25, -0.2) is 4.39 Å². The van der Waals surface area contributed by atoms with Crippen LogP contribution in [0.3, 0.4) is 0 Å². The van der Waals surface area contributed by atoms with E-state index in [9.17, 15) is 24.5 Å². The third-order valence-corrected chi connectivity index (χ3v) is 8.11. The number of hydrogen-bond acceptors (Lipinski definition) is 8. The van der Waals surface area contributed by atoms with Gasteiger partial charge in [0, 0.05) is 12.5 Å². The summed E-state index contributed by atoms with van der Waals surface area (Å²) >= 11 is 7.58. The summed E-state index contributed by atoms with van der Waals surface area (Å²) in [7, 11) is 0. The third-order valence-electron chi connectivity index (χ3n) is 6.99. The molecule has 0 aromatic heterocycles. The number of thioether (sulfide) groups is 1. The highest BCUT2D eigenvalue weighted by molar-refractivity contribution is 7.99. The lowest BCUT2D eigenvalue weighted by Gasteiger charge is -2.44. The van der Waals surface area contributed by atoms with Crippen molar-refractivity contribution >= 4 is 34.8 Å². The molecule has 5 N–H and O–H groups in total. The second-order valence-corrected chi connectivity index (χ2v) is 10.9. The molecule has 5 unspecified atom stereocenters. The molecule has 3 aliphatic heterocycles. The molecule has 0 spiro atoms. The Kier molecular flexibility index (Phi) is 8.76. The quantitative estimate of drug-likeness (QED) is 0.344. The Bertz CT molecular complexity index is 920. The molecule has 1 amide bonds. The number of rotatable bonds is 6. The third kappa shape index (κ3) is 5.70. The molecule has 2 saturated heterocycles. The van der Waals surface area contributed by atoms with Crippen molar-refractivity contribution in [1.29, 1.82) is 0 Å². The van der Waals surface area contributed by atoms with Crippen molar-refractivity contribution in [2.45, 2.75) is 66.8 Å². The van der Waals surface area contributed by atoms with Crippen molar-refractivity contribution in [3.8, 4) is 0 Å². The number of halogens is 2. The summed E-state index contributed by atoms with van der Waals surface area (Å²) in [4.78, 5) is 13.3. The average molecular weight is 531 g/mol. The molecule has 194 valence electrons. The van der Waals surface area contributed by atoms with Crippen LogP contribution < -0.4 is 10.6 Å². The normalized spacial score (nSPS) is 37.1. The molecule has 35 heavy (non-hydrogen) atoms. The highest BCUT2D eigenvalue weighted by atomic mass is 35.5. The topological polar surface area (TPSA) is 120 Å². The van der Waals surface area contributed by atoms with Gasteiger partial charge < -0.3 is 35.4 Å². The summed E-state index contributed by atoms with van der Waals surface area (Å²) in [5, 5.41) is 36.5. The maximum absolute atomic E-state index is 13.3. The fourth-order valence-electron chi connectivity index (χ4n) is 5.05. The minimum Gasteiger partial charge on any atom is -0.388 e. The van der Waals surface area contributed by atoms with Crippen molar-refractivity contribution in [1.82, 2.24) is 10.6 Å². The number of carbonyl (C=O) groups is 1. The number of fused-ring (bicyclic) bond motifs is 1. The smallest absolute Gasteiger partial charge is 0.240 e. The molecular formula is C24H32ClFN2O6S. The molecule has 2 fully saturated rings. The zero-order valence-corrected chi connectivity index (χ0v) is 21.1. The van der Waals surface area contributed by atoms with E-state index < -0.39 is 47.3 Å². The van der Waals surface area contributed by atoms with E-state index in [-0.39, 0.29) is 23.7 Å². The molecular weight excluding hydrogens is 499 g/mol. The van der Waals surface area contributed by atoms with E-state index >= 15 is 0 Å². The van der Waals surface area contributed by atoms with E-state index in [4.69, 9.17) is 21.1 Å². The zero-order valence-electron chi connectivity index (χ0n) is 19.5. The van der Waals surface area contributed by atoms with Crippen LogP contribution in [0, 0.1) is 11.7 Å². The highest BCUT2D eigenvalue weighted by Crippen LogP contribution is 2.34. The van der Waals surface area contributed by atoms with Gasteiger partial charge in [0.15, 0.2) is 0 Å². The first-order valence-corrected chi connectivity index (χ1v) is 13.4. The van der Waals surface area contributed by atoms with E-state index in [0.717, 1.165) is 11.1 Å². The van der Waals surface area contributed by atoms with Crippen molar-refractivity contribution in [3.63, 3.8) is 0 Å². The van der Waals surface area contributed by atoms with Crippen LogP contribution in [-0.4, -0.2) is 94.1 Å². The van der Waals surface area contributed by atoms with Crippen LogP contribution >= 0.6 is 23.4 Å². The number of alkyl halides is 1. The lowest BCUT2D eigenvalue weighted by molar-refractivity contribution is -0.205. The largest absolute Gasteiger partial charge is 0.388 e. The van der Waals surface area contributed by atoms with Gasteiger partial charge in [-0.05, 0) is 42.9 Å². The molecule has 10 atom stereocenters. The van der Waals surface area contributed by atoms with Gasteiger partial charge in [0.05, 0.1) is 24.1 Å². The number of aliphatic hydroxyl groups excluding tert-OH is 3. The second kappa shape index (κ2) is 11.4. The van der Waals surface area contributed by atoms with Gasteiger partial charge in [0.25, 0.3) is 0 Å². The van der Waals surface area contributed by atoms with Gasteiger partial charge in [-0.15, -0.1) is 23.4 Å². The monoisotopic (exact) mass is 530 g/mol. The molecule has 8 nitrogen and oxygen atoms in total. The Labute approximate surface area is 213 Å². The van der Waals surface area contributed by atoms with Crippen molar-refractivity contribution in [3.05, 3.63) is 41.7 Å².